The van der Waals surface area contributed by atoms with Crippen molar-refractivity contribution in [1.82, 2.24) is 0 Å². The van der Waals surface area contributed by atoms with Crippen LogP contribution >= 0.6 is 34.8 Å². The third-order valence-corrected chi connectivity index (χ3v) is 5.54. The minimum Gasteiger partial charge on any atom is -0.326 e. The number of halogens is 6. The average molecular weight is 495 g/mol. The van der Waals surface area contributed by atoms with Gasteiger partial charge in [0.1, 0.15) is 21.7 Å². The minimum absolute atomic E-state index is 0.105. The first kappa shape index (κ1) is 23.2. The normalized spacial score (nSPS) is 16.4. The highest BCUT2D eigenvalue weighted by Gasteiger charge is 2.56. The Labute approximate surface area is 189 Å². The number of anilines is 3. The van der Waals surface area contributed by atoms with Gasteiger partial charge in [-0.15, -0.1) is 23.2 Å². The molecule has 0 bridgehead atoms. The topological polar surface area (TPSA) is 87.3 Å². The maximum Gasteiger partial charge on any atom is 0.257 e. The third kappa shape index (κ3) is 5.06. The van der Waals surface area contributed by atoms with Gasteiger partial charge in [-0.1, -0.05) is 11.6 Å². The van der Waals surface area contributed by atoms with Crippen molar-refractivity contribution >= 4 is 69.6 Å². The first-order valence-corrected chi connectivity index (χ1v) is 9.78. The number of hydrogen-bond acceptors (Lipinski definition) is 3. The summed E-state index contributed by atoms with van der Waals surface area (Å²) in [5.41, 5.74) is -1.79. The summed E-state index contributed by atoms with van der Waals surface area (Å²) in [4.78, 5) is 35.8. The number of carbonyl (C=O) groups excluding carboxylic acids is 3. The van der Waals surface area contributed by atoms with Gasteiger partial charge in [-0.2, -0.15) is 0 Å². The second-order valence-corrected chi connectivity index (χ2v) is 8.67. The molecule has 1 atom stereocenters. The number of hydrogen-bond donors (Lipinski definition) is 3. The molecule has 3 amide bonds. The van der Waals surface area contributed by atoms with Crippen molar-refractivity contribution < 1.29 is 27.6 Å². The molecule has 1 aliphatic rings. The average Bonchev–Trinajstić information content (AvgIpc) is 3.32. The Hall–Kier alpha value is -2.49. The van der Waals surface area contributed by atoms with Crippen molar-refractivity contribution in [2.45, 2.75) is 17.7 Å². The van der Waals surface area contributed by atoms with E-state index >= 15 is 0 Å². The Morgan fingerprint density at radius 1 is 1.03 bits per heavy atom. The van der Waals surface area contributed by atoms with E-state index in [1.807, 2.05) is 5.32 Å². The predicted octanol–water partition coefficient (Wildman–Crippen LogP) is 5.10. The Kier molecular flexibility index (Phi) is 6.40. The van der Waals surface area contributed by atoms with Crippen LogP contribution in [0.2, 0.25) is 5.02 Å². The van der Waals surface area contributed by atoms with Crippen LogP contribution in [0, 0.1) is 23.4 Å². The van der Waals surface area contributed by atoms with E-state index in [4.69, 9.17) is 34.8 Å². The molecule has 3 N–H and O–H groups in total. The maximum atomic E-state index is 14.5. The summed E-state index contributed by atoms with van der Waals surface area (Å²) in [7, 11) is 0. The number of benzene rings is 2. The Bertz CT molecular complexity index is 1110. The highest BCUT2D eigenvalue weighted by atomic mass is 35.5. The van der Waals surface area contributed by atoms with Crippen LogP contribution in [0.25, 0.3) is 0 Å². The van der Waals surface area contributed by atoms with Crippen LogP contribution in [-0.2, 0) is 9.59 Å². The molecule has 0 aromatic heterocycles. The number of rotatable bonds is 5. The van der Waals surface area contributed by atoms with Gasteiger partial charge in [-0.3, -0.25) is 14.4 Å². The molecular formula is C19H13Cl3F3N3O3. The number of nitrogens with one attached hydrogen (secondary N) is 3. The van der Waals surface area contributed by atoms with Crippen LogP contribution in [0.5, 0.6) is 0 Å². The fourth-order valence-electron chi connectivity index (χ4n) is 2.68. The van der Waals surface area contributed by atoms with Crippen molar-refractivity contribution in [2.24, 2.45) is 5.92 Å². The molecule has 31 heavy (non-hydrogen) atoms. The van der Waals surface area contributed by atoms with Crippen LogP contribution in [0.15, 0.2) is 24.3 Å². The molecule has 2 aromatic carbocycles. The standard InChI is InChI=1S/C19H13Cl3F3N3O3/c1-7(29)26-16-11(23)2-3-13(15(16)25)28-17(30)9-4-8(5-12(24)14(9)20)27-18(31)10-6-19(10,21)22/h2-5,10H,6H2,1H3,(H,26,29)(H,27,31)(H,28,30). The molecular weight excluding hydrogens is 482 g/mol. The monoisotopic (exact) mass is 493 g/mol. The summed E-state index contributed by atoms with van der Waals surface area (Å²) in [6.45, 7) is 1.05. The zero-order valence-corrected chi connectivity index (χ0v) is 17.9. The molecule has 0 aliphatic heterocycles. The first-order chi connectivity index (χ1) is 14.4. The molecule has 0 saturated heterocycles. The summed E-state index contributed by atoms with van der Waals surface area (Å²) in [5, 5.41) is 5.89. The molecule has 2 aromatic rings. The van der Waals surface area contributed by atoms with E-state index in [0.29, 0.717) is 0 Å². The molecule has 6 nitrogen and oxygen atoms in total. The highest BCUT2D eigenvalue weighted by molar-refractivity contribution is 6.52. The Morgan fingerprint density at radius 2 is 1.68 bits per heavy atom. The van der Waals surface area contributed by atoms with Crippen molar-refractivity contribution in [3.05, 3.63) is 52.3 Å². The molecule has 164 valence electrons. The fraction of sp³-hybridized carbons (Fsp3) is 0.211. The lowest BCUT2D eigenvalue weighted by Crippen LogP contribution is -2.19. The van der Waals surface area contributed by atoms with Gasteiger partial charge >= 0.3 is 0 Å². The van der Waals surface area contributed by atoms with Gasteiger partial charge in [0.05, 0.1) is 22.2 Å². The van der Waals surface area contributed by atoms with Crippen molar-refractivity contribution in [1.29, 1.82) is 0 Å². The summed E-state index contributed by atoms with van der Waals surface area (Å²) in [6.07, 6.45) is 0.214. The lowest BCUT2D eigenvalue weighted by Gasteiger charge is -2.13. The van der Waals surface area contributed by atoms with Crippen molar-refractivity contribution in [3.8, 4) is 0 Å². The van der Waals surface area contributed by atoms with Gasteiger partial charge in [-0.05, 0) is 30.7 Å². The van der Waals surface area contributed by atoms with Crippen LogP contribution in [0.3, 0.4) is 0 Å². The van der Waals surface area contributed by atoms with E-state index in [9.17, 15) is 27.6 Å². The van der Waals surface area contributed by atoms with E-state index in [1.54, 1.807) is 0 Å². The lowest BCUT2D eigenvalue weighted by molar-refractivity contribution is -0.117. The first-order valence-electron chi connectivity index (χ1n) is 8.65. The van der Waals surface area contributed by atoms with Gasteiger partial charge < -0.3 is 16.0 Å². The van der Waals surface area contributed by atoms with E-state index in [2.05, 4.69) is 10.6 Å². The van der Waals surface area contributed by atoms with E-state index in [-0.39, 0.29) is 12.1 Å². The molecule has 0 radical (unpaired) electrons. The molecule has 1 aliphatic carbocycles. The van der Waals surface area contributed by atoms with E-state index < -0.39 is 67.4 Å². The number of carbonyl (C=O) groups is 3. The fourth-order valence-corrected chi connectivity index (χ4v) is 3.38. The molecule has 3 rings (SSSR count). The molecule has 0 spiro atoms. The quantitative estimate of drug-likeness (QED) is 0.506. The second kappa shape index (κ2) is 8.57. The summed E-state index contributed by atoms with van der Waals surface area (Å²) in [6, 6.07) is 3.69. The molecule has 1 fully saturated rings. The second-order valence-electron chi connectivity index (χ2n) is 6.75. The number of alkyl halides is 2. The van der Waals surface area contributed by atoms with Gasteiger partial charge in [-0.25, -0.2) is 13.2 Å². The maximum absolute atomic E-state index is 14.5. The van der Waals surface area contributed by atoms with Crippen LogP contribution in [0.4, 0.5) is 30.2 Å². The van der Waals surface area contributed by atoms with Crippen LogP contribution in [0.1, 0.15) is 23.7 Å². The van der Waals surface area contributed by atoms with Gasteiger partial charge in [0.2, 0.25) is 11.8 Å². The zero-order valence-electron chi connectivity index (χ0n) is 15.6. The van der Waals surface area contributed by atoms with Crippen molar-refractivity contribution in [2.75, 3.05) is 16.0 Å². The molecule has 1 saturated carbocycles. The van der Waals surface area contributed by atoms with E-state index in [0.717, 1.165) is 31.2 Å². The predicted molar refractivity (Wildman–Crippen MR) is 111 cm³/mol. The van der Waals surface area contributed by atoms with Gasteiger partial charge in [0.15, 0.2) is 5.82 Å². The largest absolute Gasteiger partial charge is 0.326 e. The Morgan fingerprint density at radius 3 is 2.26 bits per heavy atom. The summed E-state index contributed by atoms with van der Waals surface area (Å²) in [5.74, 6) is -6.40. The number of amides is 3. The lowest BCUT2D eigenvalue weighted by atomic mass is 10.1. The van der Waals surface area contributed by atoms with Crippen molar-refractivity contribution in [3.63, 3.8) is 0 Å². The highest BCUT2D eigenvalue weighted by Crippen LogP contribution is 2.53. The molecule has 1 unspecified atom stereocenters. The minimum atomic E-state index is -1.25. The zero-order chi connectivity index (χ0) is 23.1. The van der Waals surface area contributed by atoms with Gasteiger partial charge in [0, 0.05) is 12.6 Å². The van der Waals surface area contributed by atoms with Crippen LogP contribution < -0.4 is 16.0 Å². The van der Waals surface area contributed by atoms with Crippen LogP contribution in [-0.4, -0.2) is 22.1 Å². The van der Waals surface area contributed by atoms with E-state index in [1.165, 1.54) is 0 Å². The smallest absolute Gasteiger partial charge is 0.257 e. The third-order valence-electron chi connectivity index (χ3n) is 4.32. The Balaban J connectivity index is 1.86. The summed E-state index contributed by atoms with van der Waals surface area (Å²) < 4.78 is 41.3. The SMILES string of the molecule is CC(=O)Nc1c(F)ccc(NC(=O)c2cc(NC(=O)C3CC3(Cl)Cl)cc(F)c2Cl)c1F. The summed E-state index contributed by atoms with van der Waals surface area (Å²) >= 11 is 17.5. The van der Waals surface area contributed by atoms with Gasteiger partial charge in [0.25, 0.3) is 5.91 Å². The molecule has 0 heterocycles. The molecule has 12 heteroatoms.